The van der Waals surface area contributed by atoms with E-state index in [2.05, 4.69) is 27.8 Å². The lowest BCUT2D eigenvalue weighted by Gasteiger charge is -2.36. The summed E-state index contributed by atoms with van der Waals surface area (Å²) in [6.07, 6.45) is 3.56. The van der Waals surface area contributed by atoms with Crippen molar-refractivity contribution in [2.75, 3.05) is 18.1 Å². The topological polar surface area (TPSA) is 40.6 Å². The summed E-state index contributed by atoms with van der Waals surface area (Å²) in [5.41, 5.74) is 1.23. The highest BCUT2D eigenvalue weighted by Crippen LogP contribution is 2.34. The monoisotopic (exact) mass is 336 g/mol. The summed E-state index contributed by atoms with van der Waals surface area (Å²) in [4.78, 5) is 28.2. The Hall–Kier alpha value is -1.20. The van der Waals surface area contributed by atoms with Gasteiger partial charge in [-0.3, -0.25) is 19.4 Å². The Balaban J connectivity index is 1.89. The molecule has 0 aliphatic carbocycles. The molecule has 2 aliphatic heterocycles. The number of anilines is 1. The van der Waals surface area contributed by atoms with Crippen molar-refractivity contribution in [3.8, 4) is 0 Å². The van der Waals surface area contributed by atoms with Gasteiger partial charge in [0.2, 0.25) is 0 Å². The zero-order valence-electron chi connectivity index (χ0n) is 11.4. The summed E-state index contributed by atoms with van der Waals surface area (Å²) in [6, 6.07) is 5.97. The van der Waals surface area contributed by atoms with E-state index in [9.17, 15) is 9.59 Å². The number of fused-ring (bicyclic) bond motifs is 1. The van der Waals surface area contributed by atoms with Gasteiger partial charge in [0.25, 0.3) is 5.78 Å². The molecular weight excluding hydrogens is 320 g/mol. The highest BCUT2D eigenvalue weighted by Gasteiger charge is 2.38. The molecule has 0 aromatic heterocycles. The summed E-state index contributed by atoms with van der Waals surface area (Å²) < 4.78 is 0.697. The number of benzene rings is 1. The molecule has 0 radical (unpaired) electrons. The maximum absolute atomic E-state index is 12.2. The van der Waals surface area contributed by atoms with Gasteiger partial charge in [-0.05, 0) is 47.8 Å². The number of rotatable bonds is 2. The summed E-state index contributed by atoms with van der Waals surface area (Å²) in [5, 5.41) is 0. The molecule has 0 saturated carbocycles. The van der Waals surface area contributed by atoms with Crippen LogP contribution < -0.4 is 4.90 Å². The van der Waals surface area contributed by atoms with Crippen molar-refractivity contribution in [2.24, 2.45) is 0 Å². The molecule has 5 heteroatoms. The largest absolute Gasteiger partial charge is 0.300 e. The third kappa shape index (κ3) is 2.19. The molecule has 0 bridgehead atoms. The SMILES string of the molecule is C[C@@H]1CCCCN1CN1C(=O)C(=O)c2c(Br)cccc21. The molecule has 3 rings (SSSR count). The van der Waals surface area contributed by atoms with Crippen LogP contribution in [0.3, 0.4) is 0 Å². The van der Waals surface area contributed by atoms with Crippen LogP contribution in [0.25, 0.3) is 0 Å². The molecule has 2 aliphatic rings. The zero-order valence-corrected chi connectivity index (χ0v) is 13.0. The van der Waals surface area contributed by atoms with E-state index >= 15 is 0 Å². The quantitative estimate of drug-likeness (QED) is 0.779. The van der Waals surface area contributed by atoms with E-state index < -0.39 is 11.7 Å². The van der Waals surface area contributed by atoms with Gasteiger partial charge in [0.15, 0.2) is 0 Å². The van der Waals surface area contributed by atoms with Crippen LogP contribution in [0.1, 0.15) is 36.5 Å². The minimum atomic E-state index is -0.412. The van der Waals surface area contributed by atoms with Crippen molar-refractivity contribution < 1.29 is 9.59 Å². The molecule has 2 heterocycles. The molecule has 106 valence electrons. The van der Waals surface area contributed by atoms with Gasteiger partial charge in [0.1, 0.15) is 0 Å². The van der Waals surface area contributed by atoms with Gasteiger partial charge in [-0.1, -0.05) is 12.5 Å². The number of carbonyl (C=O) groups excluding carboxylic acids is 2. The first-order chi connectivity index (χ1) is 9.59. The van der Waals surface area contributed by atoms with Crippen LogP contribution in [0.15, 0.2) is 22.7 Å². The smallest absolute Gasteiger partial charge is 0.291 e. The van der Waals surface area contributed by atoms with Gasteiger partial charge in [-0.15, -0.1) is 0 Å². The first kappa shape index (κ1) is 13.8. The van der Waals surface area contributed by atoms with Crippen LogP contribution in [0.4, 0.5) is 5.69 Å². The molecule has 0 N–H and O–H groups in total. The maximum atomic E-state index is 12.2. The van der Waals surface area contributed by atoms with E-state index in [1.807, 2.05) is 12.1 Å². The molecule has 0 spiro atoms. The van der Waals surface area contributed by atoms with Crippen molar-refractivity contribution in [1.29, 1.82) is 0 Å². The molecular formula is C15H17BrN2O2. The van der Waals surface area contributed by atoms with Crippen LogP contribution in [0, 0.1) is 0 Å². The summed E-state index contributed by atoms with van der Waals surface area (Å²) in [6.45, 7) is 3.68. The summed E-state index contributed by atoms with van der Waals surface area (Å²) >= 11 is 3.37. The van der Waals surface area contributed by atoms with Gasteiger partial charge in [0.05, 0.1) is 17.9 Å². The number of likely N-dealkylation sites (tertiary alicyclic amines) is 1. The summed E-state index contributed by atoms with van der Waals surface area (Å²) in [5.74, 6) is -0.818. The fraction of sp³-hybridized carbons (Fsp3) is 0.467. The van der Waals surface area contributed by atoms with Gasteiger partial charge in [0, 0.05) is 17.1 Å². The van der Waals surface area contributed by atoms with Gasteiger partial charge < -0.3 is 0 Å². The van der Waals surface area contributed by atoms with Crippen LogP contribution in [-0.2, 0) is 4.79 Å². The average Bonchev–Trinajstić information content (AvgIpc) is 2.67. The lowest BCUT2D eigenvalue weighted by molar-refractivity contribution is -0.114. The molecule has 1 aromatic carbocycles. The molecule has 1 atom stereocenters. The third-order valence-corrected chi connectivity index (χ3v) is 4.87. The van der Waals surface area contributed by atoms with Gasteiger partial charge in [-0.2, -0.15) is 0 Å². The minimum Gasteiger partial charge on any atom is -0.291 e. The number of halogens is 1. The predicted octanol–water partition coefficient (Wildman–Crippen LogP) is 2.81. The standard InChI is InChI=1S/C15H17BrN2O2/c1-10-5-2-3-8-17(10)9-18-12-7-4-6-11(16)13(12)14(19)15(18)20/h4,6-7,10H,2-3,5,8-9H2,1H3/t10-/m1/s1. The molecule has 20 heavy (non-hydrogen) atoms. The van der Waals surface area contributed by atoms with Crippen LogP contribution in [0.2, 0.25) is 0 Å². The molecule has 1 amide bonds. The zero-order chi connectivity index (χ0) is 14.3. The molecule has 1 fully saturated rings. The Labute approximate surface area is 126 Å². The van der Waals surface area contributed by atoms with Crippen LogP contribution >= 0.6 is 15.9 Å². The first-order valence-electron chi connectivity index (χ1n) is 6.98. The second kappa shape index (κ2) is 5.30. The fourth-order valence-corrected chi connectivity index (χ4v) is 3.53. The Bertz CT molecular complexity index is 573. The first-order valence-corrected chi connectivity index (χ1v) is 7.77. The Morgan fingerprint density at radius 2 is 2.10 bits per heavy atom. The van der Waals surface area contributed by atoms with Crippen molar-refractivity contribution in [1.82, 2.24) is 4.90 Å². The number of hydrogen-bond acceptors (Lipinski definition) is 3. The van der Waals surface area contributed by atoms with Crippen molar-refractivity contribution in [2.45, 2.75) is 32.2 Å². The Morgan fingerprint density at radius 1 is 1.30 bits per heavy atom. The van der Waals surface area contributed by atoms with Crippen molar-refractivity contribution in [3.63, 3.8) is 0 Å². The van der Waals surface area contributed by atoms with Gasteiger partial charge >= 0.3 is 5.91 Å². The van der Waals surface area contributed by atoms with E-state index in [-0.39, 0.29) is 0 Å². The highest BCUT2D eigenvalue weighted by molar-refractivity contribution is 9.10. The molecule has 0 unspecified atom stereocenters. The maximum Gasteiger partial charge on any atom is 0.300 e. The van der Waals surface area contributed by atoms with E-state index in [1.165, 1.54) is 6.42 Å². The van der Waals surface area contributed by atoms with Crippen LogP contribution in [-0.4, -0.2) is 35.8 Å². The molecule has 1 aromatic rings. The number of ketones is 1. The second-order valence-corrected chi connectivity index (χ2v) is 6.35. The van der Waals surface area contributed by atoms with E-state index in [1.54, 1.807) is 11.0 Å². The molecule has 4 nitrogen and oxygen atoms in total. The predicted molar refractivity (Wildman–Crippen MR) is 80.8 cm³/mol. The van der Waals surface area contributed by atoms with E-state index in [0.29, 0.717) is 22.7 Å². The number of amides is 1. The number of hydrogen-bond donors (Lipinski definition) is 0. The average molecular weight is 337 g/mol. The van der Waals surface area contributed by atoms with Crippen molar-refractivity contribution >= 4 is 33.3 Å². The Morgan fingerprint density at radius 3 is 2.85 bits per heavy atom. The van der Waals surface area contributed by atoms with Crippen LogP contribution in [0.5, 0.6) is 0 Å². The fourth-order valence-electron chi connectivity index (χ4n) is 2.99. The lowest BCUT2D eigenvalue weighted by atomic mass is 10.0. The third-order valence-electron chi connectivity index (χ3n) is 4.21. The number of Topliss-reactive ketones (excluding diaryl/α,β-unsaturated/α-hetero) is 1. The normalized spacial score (nSPS) is 23.3. The van der Waals surface area contributed by atoms with Gasteiger partial charge in [-0.25, -0.2) is 0 Å². The Kier molecular flexibility index (Phi) is 3.65. The number of nitrogens with zero attached hydrogens (tertiary/aromatic N) is 2. The second-order valence-electron chi connectivity index (χ2n) is 5.49. The van der Waals surface area contributed by atoms with E-state index in [4.69, 9.17) is 0 Å². The summed E-state index contributed by atoms with van der Waals surface area (Å²) in [7, 11) is 0. The number of piperidine rings is 1. The lowest BCUT2D eigenvalue weighted by Crippen LogP contribution is -2.46. The molecule has 1 saturated heterocycles. The highest BCUT2D eigenvalue weighted by atomic mass is 79.9. The van der Waals surface area contributed by atoms with E-state index in [0.717, 1.165) is 25.1 Å². The van der Waals surface area contributed by atoms with Crippen molar-refractivity contribution in [3.05, 3.63) is 28.2 Å². The number of carbonyl (C=O) groups is 2. The minimum absolute atomic E-state index is 0.405.